The molecule has 6 nitrogen and oxygen atoms in total. The van der Waals surface area contributed by atoms with E-state index < -0.39 is 10.0 Å². The second kappa shape index (κ2) is 7.67. The van der Waals surface area contributed by atoms with Crippen molar-refractivity contribution in [1.82, 2.24) is 9.29 Å². The third-order valence-corrected chi connectivity index (χ3v) is 5.62. The summed E-state index contributed by atoms with van der Waals surface area (Å²) in [4.78, 5) is 26.5. The summed E-state index contributed by atoms with van der Waals surface area (Å²) in [6, 6.07) is 2.74. The zero-order valence-corrected chi connectivity index (χ0v) is 13.8. The Morgan fingerprint density at radius 3 is 2.29 bits per heavy atom. The molecule has 0 N–H and O–H groups in total. The zero-order chi connectivity index (χ0) is 16.0. The molecule has 0 aliphatic heterocycles. The van der Waals surface area contributed by atoms with Crippen molar-refractivity contribution < 1.29 is 18.0 Å². The van der Waals surface area contributed by atoms with Gasteiger partial charge in [0.25, 0.3) is 0 Å². The van der Waals surface area contributed by atoms with E-state index in [1.54, 1.807) is 13.8 Å². The average Bonchev–Trinajstić information content (AvgIpc) is 2.45. The highest BCUT2D eigenvalue weighted by Crippen LogP contribution is 2.15. The first-order valence-electron chi connectivity index (χ1n) is 6.45. The Bertz CT molecular complexity index is 608. The molecule has 1 aromatic rings. The van der Waals surface area contributed by atoms with Crippen LogP contribution in [0.1, 0.15) is 31.3 Å². The Balaban J connectivity index is 2.92. The minimum Gasteiger partial charge on any atom is -0.291 e. The van der Waals surface area contributed by atoms with Gasteiger partial charge < -0.3 is 0 Å². The summed E-state index contributed by atoms with van der Waals surface area (Å²) in [6.45, 7) is 5.63. The summed E-state index contributed by atoms with van der Waals surface area (Å²) in [6.07, 6.45) is 1.18. The molecule has 0 fully saturated rings. The van der Waals surface area contributed by atoms with Gasteiger partial charge in [-0.25, -0.2) is 8.42 Å². The lowest BCUT2D eigenvalue weighted by Crippen LogP contribution is -2.30. The van der Waals surface area contributed by atoms with Gasteiger partial charge in [-0.2, -0.15) is 4.31 Å². The molecule has 0 aliphatic carbocycles. The molecule has 0 saturated carbocycles. The summed E-state index contributed by atoms with van der Waals surface area (Å²) < 4.78 is 25.8. The number of nitrogens with zero attached hydrogens (tertiary/aromatic N) is 2. The monoisotopic (exact) mass is 330 g/mol. The molecule has 116 valence electrons. The molecular weight excluding hydrogens is 312 g/mol. The molecule has 0 atom stereocenters. The number of hydrogen-bond acceptors (Lipinski definition) is 6. The number of hydrogen-bond donors (Lipinski definition) is 0. The Labute approximate surface area is 129 Å². The van der Waals surface area contributed by atoms with Crippen LogP contribution in [0.15, 0.2) is 23.2 Å². The highest BCUT2D eigenvalue weighted by atomic mass is 32.2. The summed E-state index contributed by atoms with van der Waals surface area (Å²) in [5, 5.41) is -0.149. The van der Waals surface area contributed by atoms with E-state index in [0.29, 0.717) is 13.1 Å². The molecule has 1 aromatic heterocycles. The summed E-state index contributed by atoms with van der Waals surface area (Å²) >= 11 is 0.901. The van der Waals surface area contributed by atoms with E-state index in [-0.39, 0.29) is 27.2 Å². The van der Waals surface area contributed by atoms with Crippen LogP contribution in [-0.4, -0.2) is 47.4 Å². The van der Waals surface area contributed by atoms with Gasteiger partial charge >= 0.3 is 0 Å². The molecular formula is C13H18N2O4S2. The number of aromatic nitrogens is 1. The number of carbonyl (C=O) groups is 2. The van der Waals surface area contributed by atoms with Crippen molar-refractivity contribution in [3.8, 4) is 0 Å². The minimum absolute atomic E-state index is 0.00444. The van der Waals surface area contributed by atoms with Crippen LogP contribution in [0.25, 0.3) is 0 Å². The Morgan fingerprint density at radius 1 is 1.24 bits per heavy atom. The number of rotatable bonds is 7. The van der Waals surface area contributed by atoms with Crippen LogP contribution in [0.5, 0.6) is 0 Å². The lowest BCUT2D eigenvalue weighted by atomic mass is 10.3. The van der Waals surface area contributed by atoms with Crippen molar-refractivity contribution in [2.24, 2.45) is 0 Å². The molecule has 0 unspecified atom stereocenters. The quantitative estimate of drug-likeness (QED) is 0.706. The molecule has 0 amide bonds. The van der Waals surface area contributed by atoms with E-state index in [1.165, 1.54) is 29.6 Å². The van der Waals surface area contributed by atoms with Gasteiger partial charge in [-0.3, -0.25) is 14.6 Å². The average molecular weight is 330 g/mol. The zero-order valence-electron chi connectivity index (χ0n) is 12.2. The topological polar surface area (TPSA) is 84.4 Å². The Hall–Kier alpha value is -1.25. The van der Waals surface area contributed by atoms with Crippen LogP contribution in [0.2, 0.25) is 0 Å². The molecule has 0 bridgehead atoms. The van der Waals surface area contributed by atoms with E-state index in [2.05, 4.69) is 4.98 Å². The Morgan fingerprint density at radius 2 is 1.86 bits per heavy atom. The van der Waals surface area contributed by atoms with E-state index >= 15 is 0 Å². The van der Waals surface area contributed by atoms with Crippen LogP contribution in [0, 0.1) is 0 Å². The second-order valence-corrected chi connectivity index (χ2v) is 7.26. The minimum atomic E-state index is -3.57. The van der Waals surface area contributed by atoms with Crippen molar-refractivity contribution in [3.63, 3.8) is 0 Å². The van der Waals surface area contributed by atoms with Gasteiger partial charge in [0.1, 0.15) is 10.6 Å². The Kier molecular flexibility index (Phi) is 6.50. The van der Waals surface area contributed by atoms with E-state index in [0.717, 1.165) is 11.8 Å². The third-order valence-electron chi connectivity index (χ3n) is 2.77. The van der Waals surface area contributed by atoms with Gasteiger partial charge in [-0.05, 0) is 12.1 Å². The maximum Gasteiger partial charge on any atom is 0.244 e. The predicted octanol–water partition coefficient (Wildman–Crippen LogP) is 1.57. The lowest BCUT2D eigenvalue weighted by Gasteiger charge is -2.18. The lowest BCUT2D eigenvalue weighted by molar-refractivity contribution is -0.109. The van der Waals surface area contributed by atoms with Gasteiger partial charge in [-0.1, -0.05) is 25.6 Å². The second-order valence-electron chi connectivity index (χ2n) is 4.17. The van der Waals surface area contributed by atoms with Crippen molar-refractivity contribution in [1.29, 1.82) is 0 Å². The van der Waals surface area contributed by atoms with Crippen LogP contribution >= 0.6 is 11.8 Å². The first-order chi connectivity index (χ1) is 9.82. The molecule has 1 rings (SSSR count). The number of sulfonamides is 1. The molecule has 0 saturated heterocycles. The molecule has 8 heteroatoms. The molecule has 0 aliphatic rings. The van der Waals surface area contributed by atoms with E-state index in [1.807, 2.05) is 0 Å². The number of ketones is 1. The molecule has 0 radical (unpaired) electrons. The molecule has 21 heavy (non-hydrogen) atoms. The molecule has 0 spiro atoms. The van der Waals surface area contributed by atoms with Crippen molar-refractivity contribution in [2.45, 2.75) is 25.7 Å². The highest BCUT2D eigenvalue weighted by Gasteiger charge is 2.22. The van der Waals surface area contributed by atoms with Crippen molar-refractivity contribution >= 4 is 32.7 Å². The van der Waals surface area contributed by atoms with Gasteiger partial charge in [0.05, 0.1) is 5.75 Å². The van der Waals surface area contributed by atoms with Gasteiger partial charge in [0, 0.05) is 26.2 Å². The fourth-order valence-corrected chi connectivity index (χ4v) is 3.54. The molecule has 0 aromatic carbocycles. The van der Waals surface area contributed by atoms with Gasteiger partial charge in [-0.15, -0.1) is 0 Å². The highest BCUT2D eigenvalue weighted by molar-refractivity contribution is 8.14. The van der Waals surface area contributed by atoms with Crippen LogP contribution in [-0.2, 0) is 14.8 Å². The van der Waals surface area contributed by atoms with Crippen molar-refractivity contribution in [2.75, 3.05) is 18.8 Å². The SMILES string of the molecule is CCN(CC)S(=O)(=O)c1ccc(C(=O)CSC(C)=O)nc1. The summed E-state index contributed by atoms with van der Waals surface area (Å²) in [5.74, 6) is -0.299. The third kappa shape index (κ3) is 4.62. The van der Waals surface area contributed by atoms with Crippen molar-refractivity contribution in [3.05, 3.63) is 24.0 Å². The van der Waals surface area contributed by atoms with Gasteiger partial charge in [0.15, 0.2) is 10.9 Å². The van der Waals surface area contributed by atoms with E-state index in [9.17, 15) is 18.0 Å². The number of carbonyl (C=O) groups excluding carboxylic acids is 2. The molecule has 1 heterocycles. The van der Waals surface area contributed by atoms with E-state index in [4.69, 9.17) is 0 Å². The van der Waals surface area contributed by atoms with Crippen LogP contribution in [0.4, 0.5) is 0 Å². The first-order valence-corrected chi connectivity index (χ1v) is 8.88. The normalized spacial score (nSPS) is 11.6. The number of thioether (sulfide) groups is 1. The standard InChI is InChI=1S/C13H18N2O4S2/c1-4-15(5-2)21(18,19)11-6-7-12(14-8-11)13(17)9-20-10(3)16/h6-8H,4-5,9H2,1-3H3. The largest absolute Gasteiger partial charge is 0.291 e. The number of Topliss-reactive ketones (excluding diaryl/α,β-unsaturated/α-hetero) is 1. The predicted molar refractivity (Wildman–Crippen MR) is 81.8 cm³/mol. The first kappa shape index (κ1) is 17.8. The summed E-state index contributed by atoms with van der Waals surface area (Å²) in [7, 11) is -3.57. The fourth-order valence-electron chi connectivity index (χ4n) is 1.65. The van der Waals surface area contributed by atoms with Crippen LogP contribution in [0.3, 0.4) is 0 Å². The van der Waals surface area contributed by atoms with Gasteiger partial charge in [0.2, 0.25) is 10.0 Å². The maximum absolute atomic E-state index is 12.2. The number of pyridine rings is 1. The maximum atomic E-state index is 12.2. The smallest absolute Gasteiger partial charge is 0.244 e. The van der Waals surface area contributed by atoms with Crippen LogP contribution < -0.4 is 0 Å². The fraction of sp³-hybridized carbons (Fsp3) is 0.462. The summed E-state index contributed by atoms with van der Waals surface area (Å²) in [5.41, 5.74) is 0.155.